The number of carbonyl (C=O) groups is 1. The molecule has 198 valence electrons. The van der Waals surface area contributed by atoms with E-state index in [4.69, 9.17) is 14.2 Å². The standard InChI is InChI=1S/C29H20F4N2O4/c1-37-25-14-21-23(15-26(25)38-2)34-11-10-24(21)39-19-9-7-16-12-18(8-6-17(16)13-19)35-28(36)20-4-3-5-22(27(20)30)29(31,32)33/h3-15H,1-2H3,(H,35,36). The molecular weight excluding hydrogens is 516 g/mol. The smallest absolute Gasteiger partial charge is 0.419 e. The van der Waals surface area contributed by atoms with Gasteiger partial charge in [-0.2, -0.15) is 13.2 Å². The quantitative estimate of drug-likeness (QED) is 0.226. The van der Waals surface area contributed by atoms with Crippen molar-refractivity contribution in [1.82, 2.24) is 4.98 Å². The molecule has 1 amide bonds. The number of hydrogen-bond donors (Lipinski definition) is 1. The van der Waals surface area contributed by atoms with Gasteiger partial charge in [0, 0.05) is 23.3 Å². The van der Waals surface area contributed by atoms with Gasteiger partial charge in [-0.3, -0.25) is 9.78 Å². The molecule has 0 aliphatic heterocycles. The maximum absolute atomic E-state index is 14.4. The largest absolute Gasteiger partial charge is 0.493 e. The highest BCUT2D eigenvalue weighted by molar-refractivity contribution is 6.05. The van der Waals surface area contributed by atoms with Gasteiger partial charge in [-0.1, -0.05) is 18.2 Å². The van der Waals surface area contributed by atoms with E-state index in [1.165, 1.54) is 7.11 Å². The van der Waals surface area contributed by atoms with E-state index < -0.39 is 29.0 Å². The number of nitrogens with zero attached hydrogens (tertiary/aromatic N) is 1. The Balaban J connectivity index is 1.39. The fraction of sp³-hybridized carbons (Fsp3) is 0.103. The van der Waals surface area contributed by atoms with E-state index in [-0.39, 0.29) is 0 Å². The maximum Gasteiger partial charge on any atom is 0.419 e. The highest BCUT2D eigenvalue weighted by Crippen LogP contribution is 2.37. The van der Waals surface area contributed by atoms with Gasteiger partial charge in [0.2, 0.25) is 0 Å². The Bertz CT molecular complexity index is 1720. The number of halogens is 4. The molecule has 4 aromatic carbocycles. The van der Waals surface area contributed by atoms with Crippen molar-refractivity contribution in [3.05, 3.63) is 95.9 Å². The van der Waals surface area contributed by atoms with Crippen molar-refractivity contribution < 1.29 is 36.6 Å². The number of hydrogen-bond acceptors (Lipinski definition) is 5. The van der Waals surface area contributed by atoms with Crippen LogP contribution in [0.3, 0.4) is 0 Å². The number of pyridine rings is 1. The van der Waals surface area contributed by atoms with Gasteiger partial charge in [0.1, 0.15) is 17.3 Å². The van der Waals surface area contributed by atoms with E-state index in [1.54, 1.807) is 67.9 Å². The van der Waals surface area contributed by atoms with Gasteiger partial charge in [0.15, 0.2) is 11.5 Å². The Kier molecular flexibility index (Phi) is 6.69. The Morgan fingerprint density at radius 1 is 0.846 bits per heavy atom. The van der Waals surface area contributed by atoms with Gasteiger partial charge in [0.05, 0.1) is 30.9 Å². The molecule has 0 saturated carbocycles. The second-order valence-corrected chi connectivity index (χ2v) is 8.48. The lowest BCUT2D eigenvalue weighted by atomic mass is 10.1. The summed E-state index contributed by atoms with van der Waals surface area (Å²) in [4.78, 5) is 16.9. The van der Waals surface area contributed by atoms with Crippen LogP contribution in [0, 0.1) is 5.82 Å². The molecule has 0 atom stereocenters. The Hall–Kier alpha value is -4.86. The second kappa shape index (κ2) is 10.1. The third-order valence-electron chi connectivity index (χ3n) is 6.05. The van der Waals surface area contributed by atoms with Gasteiger partial charge in [0.25, 0.3) is 5.91 Å². The topological polar surface area (TPSA) is 69.7 Å². The number of methoxy groups -OCH3 is 2. The van der Waals surface area contributed by atoms with Crippen LogP contribution in [0.25, 0.3) is 21.7 Å². The highest BCUT2D eigenvalue weighted by atomic mass is 19.4. The van der Waals surface area contributed by atoms with Crippen molar-refractivity contribution in [2.24, 2.45) is 0 Å². The number of carbonyl (C=O) groups excluding carboxylic acids is 1. The minimum Gasteiger partial charge on any atom is -0.493 e. The van der Waals surface area contributed by atoms with E-state index in [2.05, 4.69) is 10.3 Å². The summed E-state index contributed by atoms with van der Waals surface area (Å²) in [6.07, 6.45) is -3.29. The number of amides is 1. The minimum atomic E-state index is -4.91. The van der Waals surface area contributed by atoms with Crippen LogP contribution in [0.1, 0.15) is 15.9 Å². The molecular formula is C29H20F4N2O4. The number of aromatic nitrogens is 1. The summed E-state index contributed by atoms with van der Waals surface area (Å²) >= 11 is 0. The molecule has 10 heteroatoms. The monoisotopic (exact) mass is 536 g/mol. The predicted molar refractivity (Wildman–Crippen MR) is 138 cm³/mol. The summed E-state index contributed by atoms with van der Waals surface area (Å²) in [7, 11) is 3.08. The van der Waals surface area contributed by atoms with Gasteiger partial charge < -0.3 is 19.5 Å². The number of benzene rings is 4. The van der Waals surface area contributed by atoms with Crippen LogP contribution in [0.4, 0.5) is 23.2 Å². The number of alkyl halides is 3. The highest BCUT2D eigenvalue weighted by Gasteiger charge is 2.35. The lowest BCUT2D eigenvalue weighted by molar-refractivity contribution is -0.140. The molecule has 0 fully saturated rings. The van der Waals surface area contributed by atoms with Gasteiger partial charge in [-0.15, -0.1) is 0 Å². The number of fused-ring (bicyclic) bond motifs is 2. The lowest BCUT2D eigenvalue weighted by Gasteiger charge is -2.13. The number of nitrogens with one attached hydrogen (secondary N) is 1. The molecule has 0 aliphatic carbocycles. The fourth-order valence-corrected chi connectivity index (χ4v) is 4.15. The van der Waals surface area contributed by atoms with E-state index in [0.29, 0.717) is 40.3 Å². The zero-order chi connectivity index (χ0) is 27.7. The summed E-state index contributed by atoms with van der Waals surface area (Å²) < 4.78 is 70.3. The van der Waals surface area contributed by atoms with Crippen molar-refractivity contribution in [2.75, 3.05) is 19.5 Å². The number of rotatable bonds is 6. The molecule has 0 unspecified atom stereocenters. The number of ether oxygens (including phenoxy) is 3. The first-order valence-electron chi connectivity index (χ1n) is 11.6. The van der Waals surface area contributed by atoms with Crippen molar-refractivity contribution in [3.63, 3.8) is 0 Å². The normalized spacial score (nSPS) is 11.4. The van der Waals surface area contributed by atoms with E-state index in [0.717, 1.165) is 28.3 Å². The Morgan fingerprint density at radius 2 is 1.56 bits per heavy atom. The van der Waals surface area contributed by atoms with Crippen molar-refractivity contribution >= 4 is 33.3 Å². The first-order valence-corrected chi connectivity index (χ1v) is 11.6. The van der Waals surface area contributed by atoms with Gasteiger partial charge in [-0.05, 0) is 59.3 Å². The minimum absolute atomic E-state index is 0.291. The molecule has 1 aromatic heterocycles. The molecule has 0 spiro atoms. The third-order valence-corrected chi connectivity index (χ3v) is 6.05. The zero-order valence-electron chi connectivity index (χ0n) is 20.6. The summed E-state index contributed by atoms with van der Waals surface area (Å²) in [5.41, 5.74) is -1.25. The predicted octanol–water partition coefficient (Wildman–Crippen LogP) is 7.61. The molecule has 39 heavy (non-hydrogen) atoms. The first-order chi connectivity index (χ1) is 18.7. The lowest BCUT2D eigenvalue weighted by Crippen LogP contribution is -2.17. The summed E-state index contributed by atoms with van der Waals surface area (Å²) in [5, 5.41) is 4.67. The van der Waals surface area contributed by atoms with Gasteiger partial charge in [-0.25, -0.2) is 4.39 Å². The first kappa shape index (κ1) is 25.8. The van der Waals surface area contributed by atoms with Crippen LogP contribution >= 0.6 is 0 Å². The van der Waals surface area contributed by atoms with Crippen molar-refractivity contribution in [2.45, 2.75) is 6.18 Å². The van der Waals surface area contributed by atoms with Crippen LogP contribution < -0.4 is 19.5 Å². The summed E-state index contributed by atoms with van der Waals surface area (Å²) in [6, 6.07) is 18.0. The van der Waals surface area contributed by atoms with Gasteiger partial charge >= 0.3 is 6.18 Å². The summed E-state index contributed by atoms with van der Waals surface area (Å²) in [5.74, 6) is -0.459. The van der Waals surface area contributed by atoms with Crippen LogP contribution in [-0.4, -0.2) is 25.1 Å². The van der Waals surface area contributed by atoms with E-state index in [9.17, 15) is 22.4 Å². The fourth-order valence-electron chi connectivity index (χ4n) is 4.15. The van der Waals surface area contributed by atoms with Crippen LogP contribution in [-0.2, 0) is 6.18 Å². The van der Waals surface area contributed by atoms with Crippen LogP contribution in [0.5, 0.6) is 23.0 Å². The van der Waals surface area contributed by atoms with Crippen molar-refractivity contribution in [3.8, 4) is 23.0 Å². The molecule has 0 bridgehead atoms. The number of anilines is 1. The molecule has 5 aromatic rings. The SMILES string of the molecule is COc1cc2nccc(Oc3ccc4cc(NC(=O)c5cccc(C(F)(F)F)c5F)ccc4c3)c2cc1OC. The van der Waals surface area contributed by atoms with E-state index in [1.807, 2.05) is 0 Å². The average Bonchev–Trinajstić information content (AvgIpc) is 2.92. The maximum atomic E-state index is 14.4. The molecule has 6 nitrogen and oxygen atoms in total. The molecule has 5 rings (SSSR count). The average molecular weight is 536 g/mol. The van der Waals surface area contributed by atoms with Crippen molar-refractivity contribution in [1.29, 1.82) is 0 Å². The van der Waals surface area contributed by atoms with Crippen LogP contribution in [0.2, 0.25) is 0 Å². The second-order valence-electron chi connectivity index (χ2n) is 8.48. The third kappa shape index (κ3) is 5.13. The molecule has 1 N–H and O–H groups in total. The Labute approximate surface area is 219 Å². The van der Waals surface area contributed by atoms with E-state index >= 15 is 0 Å². The molecule has 0 saturated heterocycles. The molecule has 0 radical (unpaired) electrons. The zero-order valence-corrected chi connectivity index (χ0v) is 20.6. The van der Waals surface area contributed by atoms with Crippen LogP contribution in [0.15, 0.2) is 79.0 Å². The molecule has 1 heterocycles. The summed E-state index contributed by atoms with van der Waals surface area (Å²) in [6.45, 7) is 0. The Morgan fingerprint density at radius 3 is 2.31 bits per heavy atom. The molecule has 0 aliphatic rings.